The second-order valence-corrected chi connectivity index (χ2v) is 5.04. The summed E-state index contributed by atoms with van der Waals surface area (Å²) in [4.78, 5) is 10.2. The molecule has 0 spiro atoms. The highest BCUT2D eigenvalue weighted by Crippen LogP contribution is 2.25. The number of aromatic nitrogens is 2. The van der Waals surface area contributed by atoms with Crippen molar-refractivity contribution < 1.29 is 0 Å². The average molecular weight is 222 g/mol. The molecule has 0 radical (unpaired) electrons. The molecule has 1 aliphatic rings. The van der Waals surface area contributed by atoms with Gasteiger partial charge in [0, 0.05) is 30.3 Å². The van der Waals surface area contributed by atoms with Crippen molar-refractivity contribution in [2.45, 2.75) is 38.1 Å². The van der Waals surface area contributed by atoms with E-state index in [0.29, 0.717) is 5.92 Å². The number of hydrogen-bond donors (Lipinski definition) is 2. The van der Waals surface area contributed by atoms with E-state index < -0.39 is 0 Å². The van der Waals surface area contributed by atoms with E-state index in [0.717, 1.165) is 12.2 Å². The molecule has 0 bridgehead atoms. The molecule has 4 nitrogen and oxygen atoms in total. The molecule has 1 fully saturated rings. The molecule has 0 aliphatic carbocycles. The number of H-pyrrole nitrogens is 1. The van der Waals surface area contributed by atoms with Crippen molar-refractivity contribution in [2.24, 2.45) is 5.73 Å². The molecule has 4 heteroatoms. The van der Waals surface area contributed by atoms with E-state index in [1.54, 1.807) is 0 Å². The predicted molar refractivity (Wildman–Crippen MR) is 65.4 cm³/mol. The first kappa shape index (κ1) is 11.6. The van der Waals surface area contributed by atoms with E-state index in [-0.39, 0.29) is 6.04 Å². The Morgan fingerprint density at radius 2 is 2.25 bits per heavy atom. The standard InChI is InChI=1S/C12H22N4/c1-9(13)7-12-14-8-11(15-12)10-3-5-16(2)6-4-10/h8-10H,3-7,13H2,1-2H3,(H,14,15). The van der Waals surface area contributed by atoms with Crippen molar-refractivity contribution in [3.63, 3.8) is 0 Å². The zero-order valence-electron chi connectivity index (χ0n) is 10.2. The van der Waals surface area contributed by atoms with Gasteiger partial charge in [0.1, 0.15) is 5.82 Å². The van der Waals surface area contributed by atoms with Crippen LogP contribution >= 0.6 is 0 Å². The van der Waals surface area contributed by atoms with Crippen LogP contribution in [-0.4, -0.2) is 41.0 Å². The van der Waals surface area contributed by atoms with Crippen LogP contribution in [0.4, 0.5) is 0 Å². The van der Waals surface area contributed by atoms with Crippen LogP contribution in [0, 0.1) is 0 Å². The minimum Gasteiger partial charge on any atom is -0.346 e. The zero-order valence-corrected chi connectivity index (χ0v) is 10.2. The molecule has 1 aromatic heterocycles. The van der Waals surface area contributed by atoms with Crippen molar-refractivity contribution in [3.05, 3.63) is 17.7 Å². The fraction of sp³-hybridized carbons (Fsp3) is 0.750. The number of hydrogen-bond acceptors (Lipinski definition) is 3. The molecule has 0 amide bonds. The van der Waals surface area contributed by atoms with E-state index in [1.807, 2.05) is 13.1 Å². The minimum absolute atomic E-state index is 0.177. The molecule has 1 unspecified atom stereocenters. The van der Waals surface area contributed by atoms with Crippen LogP contribution in [-0.2, 0) is 6.42 Å². The normalized spacial score (nSPS) is 21.2. The predicted octanol–water partition coefficient (Wildman–Crippen LogP) is 1.11. The SMILES string of the molecule is CC(N)Cc1ncc(C2CCN(C)CC2)[nH]1. The summed E-state index contributed by atoms with van der Waals surface area (Å²) in [6, 6.07) is 0.177. The minimum atomic E-state index is 0.177. The lowest BCUT2D eigenvalue weighted by Crippen LogP contribution is -2.29. The molecule has 0 aromatic carbocycles. The zero-order chi connectivity index (χ0) is 11.5. The smallest absolute Gasteiger partial charge is 0.107 e. The largest absolute Gasteiger partial charge is 0.346 e. The van der Waals surface area contributed by atoms with Gasteiger partial charge in [-0.15, -0.1) is 0 Å². The number of nitrogens with two attached hydrogens (primary N) is 1. The molecule has 16 heavy (non-hydrogen) atoms. The third kappa shape index (κ3) is 2.83. The van der Waals surface area contributed by atoms with E-state index in [9.17, 15) is 0 Å². The molecule has 1 atom stereocenters. The second-order valence-electron chi connectivity index (χ2n) is 5.04. The van der Waals surface area contributed by atoms with E-state index in [2.05, 4.69) is 21.9 Å². The highest BCUT2D eigenvalue weighted by molar-refractivity contribution is 5.09. The number of nitrogens with zero attached hydrogens (tertiary/aromatic N) is 2. The average Bonchev–Trinajstić information content (AvgIpc) is 2.66. The summed E-state index contributed by atoms with van der Waals surface area (Å²) in [6.45, 7) is 4.39. The Bertz CT molecular complexity index is 324. The Labute approximate surface area is 97.2 Å². The molecular formula is C12H22N4. The molecule has 0 saturated carbocycles. The molecule has 90 valence electrons. The molecule has 1 aromatic rings. The summed E-state index contributed by atoms with van der Waals surface area (Å²) in [5.74, 6) is 1.69. The number of likely N-dealkylation sites (tertiary alicyclic amines) is 1. The molecule has 2 rings (SSSR count). The fourth-order valence-corrected chi connectivity index (χ4v) is 2.31. The van der Waals surface area contributed by atoms with Crippen LogP contribution in [0.2, 0.25) is 0 Å². The van der Waals surface area contributed by atoms with Gasteiger partial charge in [0.25, 0.3) is 0 Å². The summed E-state index contributed by atoms with van der Waals surface area (Å²) in [5, 5.41) is 0. The number of piperidine rings is 1. The third-order valence-corrected chi connectivity index (χ3v) is 3.32. The van der Waals surface area contributed by atoms with Crippen LogP contribution < -0.4 is 5.73 Å². The maximum atomic E-state index is 5.76. The number of aromatic amines is 1. The first-order chi connectivity index (χ1) is 7.65. The maximum absolute atomic E-state index is 5.76. The Hall–Kier alpha value is -0.870. The molecular weight excluding hydrogens is 200 g/mol. The van der Waals surface area contributed by atoms with E-state index in [4.69, 9.17) is 5.73 Å². The summed E-state index contributed by atoms with van der Waals surface area (Å²) < 4.78 is 0. The van der Waals surface area contributed by atoms with Gasteiger partial charge in [-0.2, -0.15) is 0 Å². The van der Waals surface area contributed by atoms with Gasteiger partial charge in [0.15, 0.2) is 0 Å². The third-order valence-electron chi connectivity index (χ3n) is 3.32. The quantitative estimate of drug-likeness (QED) is 0.805. The highest BCUT2D eigenvalue weighted by Gasteiger charge is 2.20. The molecule has 2 heterocycles. The second kappa shape index (κ2) is 4.97. The number of imidazole rings is 1. The highest BCUT2D eigenvalue weighted by atomic mass is 15.1. The summed E-state index contributed by atoms with van der Waals surface area (Å²) in [5.41, 5.74) is 7.06. The Morgan fingerprint density at radius 3 is 2.88 bits per heavy atom. The van der Waals surface area contributed by atoms with Crippen LogP contribution in [0.15, 0.2) is 6.20 Å². The van der Waals surface area contributed by atoms with Gasteiger partial charge < -0.3 is 15.6 Å². The maximum Gasteiger partial charge on any atom is 0.107 e. The van der Waals surface area contributed by atoms with Crippen LogP contribution in [0.3, 0.4) is 0 Å². The van der Waals surface area contributed by atoms with Crippen molar-refractivity contribution >= 4 is 0 Å². The fourth-order valence-electron chi connectivity index (χ4n) is 2.31. The molecule has 3 N–H and O–H groups in total. The summed E-state index contributed by atoms with van der Waals surface area (Å²) >= 11 is 0. The van der Waals surface area contributed by atoms with Crippen LogP contribution in [0.25, 0.3) is 0 Å². The molecule has 1 saturated heterocycles. The number of nitrogens with one attached hydrogen (secondary N) is 1. The first-order valence-electron chi connectivity index (χ1n) is 6.13. The summed E-state index contributed by atoms with van der Waals surface area (Å²) in [6.07, 6.45) is 5.30. The van der Waals surface area contributed by atoms with Gasteiger partial charge in [0.05, 0.1) is 0 Å². The van der Waals surface area contributed by atoms with Gasteiger partial charge in [-0.3, -0.25) is 0 Å². The van der Waals surface area contributed by atoms with Crippen LogP contribution in [0.1, 0.15) is 37.2 Å². The Morgan fingerprint density at radius 1 is 1.56 bits per heavy atom. The van der Waals surface area contributed by atoms with Gasteiger partial charge in [-0.05, 0) is 39.9 Å². The Kier molecular flexibility index (Phi) is 3.61. The lowest BCUT2D eigenvalue weighted by Gasteiger charge is -2.28. The van der Waals surface area contributed by atoms with Crippen molar-refractivity contribution in [1.82, 2.24) is 14.9 Å². The topological polar surface area (TPSA) is 57.9 Å². The van der Waals surface area contributed by atoms with E-state index >= 15 is 0 Å². The van der Waals surface area contributed by atoms with Crippen molar-refractivity contribution in [3.8, 4) is 0 Å². The summed E-state index contributed by atoms with van der Waals surface area (Å²) in [7, 11) is 2.19. The monoisotopic (exact) mass is 222 g/mol. The van der Waals surface area contributed by atoms with E-state index in [1.165, 1.54) is 31.6 Å². The van der Waals surface area contributed by atoms with Crippen molar-refractivity contribution in [1.29, 1.82) is 0 Å². The Balaban J connectivity index is 1.96. The van der Waals surface area contributed by atoms with Crippen LogP contribution in [0.5, 0.6) is 0 Å². The van der Waals surface area contributed by atoms with Gasteiger partial charge in [-0.1, -0.05) is 0 Å². The number of rotatable bonds is 3. The van der Waals surface area contributed by atoms with Gasteiger partial charge in [0.2, 0.25) is 0 Å². The first-order valence-corrected chi connectivity index (χ1v) is 6.13. The lowest BCUT2D eigenvalue weighted by molar-refractivity contribution is 0.253. The van der Waals surface area contributed by atoms with Gasteiger partial charge in [-0.25, -0.2) is 4.98 Å². The lowest BCUT2D eigenvalue weighted by atomic mass is 9.94. The van der Waals surface area contributed by atoms with Gasteiger partial charge >= 0.3 is 0 Å². The van der Waals surface area contributed by atoms with Crippen molar-refractivity contribution in [2.75, 3.05) is 20.1 Å². The molecule has 1 aliphatic heterocycles.